The van der Waals surface area contributed by atoms with Crippen molar-refractivity contribution in [2.24, 2.45) is 0 Å². The summed E-state index contributed by atoms with van der Waals surface area (Å²) in [7, 11) is 1.60. The molecule has 0 aliphatic carbocycles. The fraction of sp³-hybridized carbons (Fsp3) is 0.238. The minimum atomic E-state index is -0.275. The summed E-state index contributed by atoms with van der Waals surface area (Å²) in [6, 6.07) is 7.21. The second-order valence-corrected chi connectivity index (χ2v) is 8.51. The summed E-state index contributed by atoms with van der Waals surface area (Å²) in [4.78, 5) is 32.7. The van der Waals surface area contributed by atoms with Crippen LogP contribution in [0.3, 0.4) is 0 Å². The summed E-state index contributed by atoms with van der Waals surface area (Å²) in [5.41, 5.74) is 1.43. The van der Waals surface area contributed by atoms with Crippen LogP contribution in [0.5, 0.6) is 0 Å². The molecule has 1 aliphatic heterocycles. The number of thioether (sulfide) groups is 1. The fourth-order valence-electron chi connectivity index (χ4n) is 3.17. The van der Waals surface area contributed by atoms with E-state index in [4.69, 9.17) is 21.4 Å². The third-order valence-corrected chi connectivity index (χ3v) is 6.10. The van der Waals surface area contributed by atoms with Gasteiger partial charge in [0.25, 0.3) is 11.5 Å². The van der Waals surface area contributed by atoms with E-state index < -0.39 is 0 Å². The first-order chi connectivity index (χ1) is 15.0. The minimum absolute atomic E-state index is 0.238. The molecule has 31 heavy (non-hydrogen) atoms. The number of furan rings is 1. The predicted molar refractivity (Wildman–Crippen MR) is 124 cm³/mol. The Labute approximate surface area is 187 Å². The van der Waals surface area contributed by atoms with Gasteiger partial charge in [-0.1, -0.05) is 30.0 Å². The number of nitrogens with one attached hydrogen (secondary N) is 1. The summed E-state index contributed by atoms with van der Waals surface area (Å²) < 4.78 is 12.3. The highest BCUT2D eigenvalue weighted by Crippen LogP contribution is 2.34. The normalized spacial score (nSPS) is 15.4. The number of aromatic nitrogens is 2. The van der Waals surface area contributed by atoms with Crippen molar-refractivity contribution in [3.63, 3.8) is 0 Å². The Bertz CT molecular complexity index is 1230. The molecular formula is C21H20N4O4S2. The SMILES string of the molecule is COCCNc1nc2c(C)cccn2c(=O)c1/C=C1\SC(=S)N(Cc2ccco2)C1=O. The van der Waals surface area contributed by atoms with Crippen LogP contribution in [0, 0.1) is 6.92 Å². The maximum absolute atomic E-state index is 13.3. The van der Waals surface area contributed by atoms with Crippen LogP contribution >= 0.6 is 24.0 Å². The van der Waals surface area contributed by atoms with Gasteiger partial charge in [-0.25, -0.2) is 4.98 Å². The monoisotopic (exact) mass is 456 g/mol. The van der Waals surface area contributed by atoms with E-state index in [1.54, 1.807) is 43.8 Å². The molecule has 1 amide bonds. The van der Waals surface area contributed by atoms with E-state index in [1.807, 2.05) is 13.0 Å². The third kappa shape index (κ3) is 4.27. The van der Waals surface area contributed by atoms with Gasteiger partial charge in [0.1, 0.15) is 21.5 Å². The molecule has 4 rings (SSSR count). The number of amides is 1. The Morgan fingerprint density at radius 3 is 2.90 bits per heavy atom. The molecule has 0 unspecified atom stereocenters. The summed E-state index contributed by atoms with van der Waals surface area (Å²) in [5, 5.41) is 3.15. The third-order valence-electron chi connectivity index (χ3n) is 4.73. The van der Waals surface area contributed by atoms with Crippen molar-refractivity contribution >= 4 is 51.7 Å². The summed E-state index contributed by atoms with van der Waals surface area (Å²) >= 11 is 6.54. The molecule has 1 N–H and O–H groups in total. The van der Waals surface area contributed by atoms with E-state index in [-0.39, 0.29) is 23.6 Å². The van der Waals surface area contributed by atoms with Gasteiger partial charge in [0.15, 0.2) is 0 Å². The van der Waals surface area contributed by atoms with Gasteiger partial charge in [-0.15, -0.1) is 0 Å². The Hall–Kier alpha value is -2.95. The van der Waals surface area contributed by atoms with Crippen molar-refractivity contribution in [1.82, 2.24) is 14.3 Å². The summed E-state index contributed by atoms with van der Waals surface area (Å²) in [6.07, 6.45) is 4.77. The number of anilines is 1. The Kier molecular flexibility index (Phi) is 6.21. The number of ether oxygens (including phenoxy) is 1. The van der Waals surface area contributed by atoms with Crippen LogP contribution in [0.4, 0.5) is 5.82 Å². The molecule has 10 heteroatoms. The van der Waals surface area contributed by atoms with Gasteiger partial charge in [-0.2, -0.15) is 0 Å². The molecule has 0 radical (unpaired) electrons. The average molecular weight is 457 g/mol. The topological polar surface area (TPSA) is 89.1 Å². The zero-order valence-corrected chi connectivity index (χ0v) is 18.6. The van der Waals surface area contributed by atoms with Crippen molar-refractivity contribution in [3.8, 4) is 0 Å². The lowest BCUT2D eigenvalue weighted by Crippen LogP contribution is -2.27. The highest BCUT2D eigenvalue weighted by atomic mass is 32.2. The number of carbonyl (C=O) groups excluding carboxylic acids is 1. The van der Waals surface area contributed by atoms with Gasteiger partial charge in [0, 0.05) is 19.9 Å². The lowest BCUT2D eigenvalue weighted by atomic mass is 10.2. The number of hydrogen-bond acceptors (Lipinski definition) is 8. The second kappa shape index (κ2) is 9.04. The molecule has 160 valence electrons. The Morgan fingerprint density at radius 1 is 1.32 bits per heavy atom. The summed E-state index contributed by atoms with van der Waals surface area (Å²) in [6.45, 7) is 3.03. The van der Waals surface area contributed by atoms with Crippen LogP contribution in [-0.2, 0) is 16.1 Å². The number of nitrogens with zero attached hydrogens (tertiary/aromatic N) is 3. The molecule has 0 atom stereocenters. The van der Waals surface area contributed by atoms with Crippen LogP contribution in [0.2, 0.25) is 0 Å². The van der Waals surface area contributed by atoms with E-state index in [1.165, 1.54) is 9.30 Å². The number of thiocarbonyl (C=S) groups is 1. The molecule has 3 aromatic heterocycles. The van der Waals surface area contributed by atoms with Crippen molar-refractivity contribution < 1.29 is 13.9 Å². The highest BCUT2D eigenvalue weighted by Gasteiger charge is 2.33. The molecule has 1 saturated heterocycles. The van der Waals surface area contributed by atoms with Crippen LogP contribution in [-0.4, -0.2) is 44.8 Å². The Balaban J connectivity index is 1.75. The van der Waals surface area contributed by atoms with E-state index in [0.717, 1.165) is 17.3 Å². The lowest BCUT2D eigenvalue weighted by molar-refractivity contribution is -0.122. The van der Waals surface area contributed by atoms with E-state index in [9.17, 15) is 9.59 Å². The van der Waals surface area contributed by atoms with Crippen LogP contribution in [0.25, 0.3) is 11.7 Å². The first-order valence-corrected chi connectivity index (χ1v) is 10.7. The van der Waals surface area contributed by atoms with Gasteiger partial charge in [-0.3, -0.25) is 18.9 Å². The van der Waals surface area contributed by atoms with E-state index >= 15 is 0 Å². The quantitative estimate of drug-likeness (QED) is 0.330. The van der Waals surface area contributed by atoms with Gasteiger partial charge < -0.3 is 14.5 Å². The number of aryl methyl sites for hydroxylation is 1. The zero-order valence-electron chi connectivity index (χ0n) is 17.0. The summed E-state index contributed by atoms with van der Waals surface area (Å²) in [5.74, 6) is 0.748. The fourth-order valence-corrected chi connectivity index (χ4v) is 4.41. The van der Waals surface area contributed by atoms with Crippen LogP contribution in [0.15, 0.2) is 50.8 Å². The smallest absolute Gasteiger partial charge is 0.267 e. The molecule has 3 aromatic rings. The standard InChI is InChI=1S/C21H20N4O4S2/c1-13-5-3-8-24-18(13)23-17(22-7-10-28-2)15(19(24)26)11-16-20(27)25(21(30)31-16)12-14-6-4-9-29-14/h3-6,8-9,11,22H,7,10,12H2,1-2H3/b16-11-. The van der Waals surface area contributed by atoms with Crippen molar-refractivity contribution in [3.05, 3.63) is 68.9 Å². The van der Waals surface area contributed by atoms with Crippen LogP contribution in [0.1, 0.15) is 16.9 Å². The van der Waals surface area contributed by atoms with Gasteiger partial charge >= 0.3 is 0 Å². The van der Waals surface area contributed by atoms with Crippen molar-refractivity contribution in [2.75, 3.05) is 25.6 Å². The molecule has 1 aliphatic rings. The van der Waals surface area contributed by atoms with E-state index in [2.05, 4.69) is 10.3 Å². The number of methoxy groups -OCH3 is 1. The van der Waals surface area contributed by atoms with Crippen molar-refractivity contribution in [1.29, 1.82) is 0 Å². The maximum Gasteiger partial charge on any atom is 0.267 e. The second-order valence-electron chi connectivity index (χ2n) is 6.83. The van der Waals surface area contributed by atoms with Gasteiger partial charge in [0.2, 0.25) is 0 Å². The first-order valence-electron chi connectivity index (χ1n) is 9.52. The lowest BCUT2D eigenvalue weighted by Gasteiger charge is -2.13. The molecule has 0 spiro atoms. The number of rotatable bonds is 7. The molecule has 0 aromatic carbocycles. The molecule has 0 bridgehead atoms. The average Bonchev–Trinajstić information content (AvgIpc) is 3.35. The zero-order chi connectivity index (χ0) is 22.0. The van der Waals surface area contributed by atoms with Crippen molar-refractivity contribution in [2.45, 2.75) is 13.5 Å². The van der Waals surface area contributed by atoms with Gasteiger partial charge in [-0.05, 0) is 36.8 Å². The highest BCUT2D eigenvalue weighted by molar-refractivity contribution is 8.26. The Morgan fingerprint density at radius 2 is 2.16 bits per heavy atom. The van der Waals surface area contributed by atoms with Gasteiger partial charge in [0.05, 0.1) is 29.9 Å². The van der Waals surface area contributed by atoms with E-state index in [0.29, 0.717) is 39.6 Å². The number of fused-ring (bicyclic) bond motifs is 1. The first kappa shape index (κ1) is 21.3. The molecule has 0 saturated carbocycles. The molecule has 4 heterocycles. The minimum Gasteiger partial charge on any atom is -0.467 e. The molecule has 8 nitrogen and oxygen atoms in total. The molecular weight excluding hydrogens is 436 g/mol. The molecule has 1 fully saturated rings. The predicted octanol–water partition coefficient (Wildman–Crippen LogP) is 3.06. The number of hydrogen-bond donors (Lipinski definition) is 1. The maximum atomic E-state index is 13.3. The largest absolute Gasteiger partial charge is 0.467 e. The van der Waals surface area contributed by atoms with Crippen LogP contribution < -0.4 is 10.9 Å². The number of pyridine rings is 1. The number of carbonyl (C=O) groups is 1.